The number of carbonyl (C=O) groups is 1. The van der Waals surface area contributed by atoms with Crippen LogP contribution >= 0.6 is 11.8 Å². The van der Waals surface area contributed by atoms with Crippen molar-refractivity contribution in [3.05, 3.63) is 47.7 Å². The lowest BCUT2D eigenvalue weighted by molar-refractivity contribution is 0.112. The predicted octanol–water partition coefficient (Wildman–Crippen LogP) is 3.23. The first-order chi connectivity index (χ1) is 9.26. The Kier molecular flexibility index (Phi) is 3.05. The van der Waals surface area contributed by atoms with Gasteiger partial charge >= 0.3 is 0 Å². The molecule has 94 valence electrons. The van der Waals surface area contributed by atoms with E-state index in [2.05, 4.69) is 15.0 Å². The topological polar surface area (TPSA) is 58.6 Å². The Morgan fingerprint density at radius 2 is 2.16 bits per heavy atom. The number of rotatable bonds is 3. The number of H-pyrrole nitrogens is 1. The van der Waals surface area contributed by atoms with E-state index in [-0.39, 0.29) is 0 Å². The van der Waals surface area contributed by atoms with Crippen LogP contribution in [0.4, 0.5) is 0 Å². The molecule has 0 aliphatic heterocycles. The van der Waals surface area contributed by atoms with Crippen molar-refractivity contribution in [2.45, 2.75) is 17.1 Å². The van der Waals surface area contributed by atoms with Gasteiger partial charge in [0.25, 0.3) is 0 Å². The van der Waals surface area contributed by atoms with Crippen molar-refractivity contribution in [1.82, 2.24) is 15.0 Å². The highest BCUT2D eigenvalue weighted by Gasteiger charge is 2.08. The zero-order valence-corrected chi connectivity index (χ0v) is 11.1. The first-order valence-electron chi connectivity index (χ1n) is 5.81. The molecule has 4 nitrogen and oxygen atoms in total. The summed E-state index contributed by atoms with van der Waals surface area (Å²) in [5, 5.41) is 1.65. The number of hydrogen-bond donors (Lipinski definition) is 1. The molecule has 0 spiro atoms. The van der Waals surface area contributed by atoms with Crippen LogP contribution in [0.2, 0.25) is 0 Å². The van der Waals surface area contributed by atoms with Crippen molar-refractivity contribution in [1.29, 1.82) is 0 Å². The number of aromatic amines is 1. The van der Waals surface area contributed by atoms with Crippen LogP contribution < -0.4 is 0 Å². The molecule has 1 N–H and O–H groups in total. The number of pyridine rings is 1. The lowest BCUT2D eigenvalue weighted by Gasteiger charge is -2.02. The molecule has 0 atom stereocenters. The molecule has 0 saturated heterocycles. The second kappa shape index (κ2) is 4.85. The Morgan fingerprint density at radius 1 is 1.32 bits per heavy atom. The van der Waals surface area contributed by atoms with Gasteiger partial charge in [0, 0.05) is 11.8 Å². The van der Waals surface area contributed by atoms with E-state index in [1.807, 2.05) is 37.3 Å². The van der Waals surface area contributed by atoms with E-state index >= 15 is 0 Å². The second-order valence-electron chi connectivity index (χ2n) is 4.17. The fourth-order valence-corrected chi connectivity index (χ4v) is 2.64. The zero-order chi connectivity index (χ0) is 13.2. The maximum Gasteiger partial charge on any atom is 0.172 e. The van der Waals surface area contributed by atoms with Crippen LogP contribution in [0, 0.1) is 6.92 Å². The van der Waals surface area contributed by atoms with Gasteiger partial charge in [0.05, 0.1) is 11.0 Å². The van der Waals surface area contributed by atoms with Crippen molar-refractivity contribution in [2.24, 2.45) is 0 Å². The molecule has 0 bridgehead atoms. The van der Waals surface area contributed by atoms with Gasteiger partial charge in [-0.05, 0) is 42.4 Å². The lowest BCUT2D eigenvalue weighted by atomic mass is 10.2. The Balaban J connectivity index is 1.94. The molecule has 0 amide bonds. The number of aromatic nitrogens is 3. The Labute approximate surface area is 114 Å². The standard InChI is InChI=1S/C14H11N3OS/c1-9-6-10(8-18)7-15-13(9)19-14-16-11-4-2-3-5-12(11)17-14/h2-8H,1H3,(H,16,17). The molecule has 1 aromatic carbocycles. The second-order valence-corrected chi connectivity index (χ2v) is 5.15. The number of nitrogens with zero attached hydrogens (tertiary/aromatic N) is 2. The Bertz CT molecular complexity index is 718. The van der Waals surface area contributed by atoms with Crippen LogP contribution in [0.15, 0.2) is 46.7 Å². The molecular formula is C14H11N3OS. The van der Waals surface area contributed by atoms with E-state index in [1.54, 1.807) is 6.20 Å². The summed E-state index contributed by atoms with van der Waals surface area (Å²) < 4.78 is 0. The number of aldehydes is 1. The highest BCUT2D eigenvalue weighted by Crippen LogP contribution is 2.28. The van der Waals surface area contributed by atoms with Crippen LogP contribution in [0.5, 0.6) is 0 Å². The minimum Gasteiger partial charge on any atom is -0.333 e. The molecule has 19 heavy (non-hydrogen) atoms. The average Bonchev–Trinajstić information content (AvgIpc) is 2.83. The molecule has 0 fully saturated rings. The van der Waals surface area contributed by atoms with Gasteiger partial charge in [-0.3, -0.25) is 4.79 Å². The largest absolute Gasteiger partial charge is 0.333 e. The summed E-state index contributed by atoms with van der Waals surface area (Å²) in [5.41, 5.74) is 3.50. The van der Waals surface area contributed by atoms with Crippen molar-refractivity contribution in [3.8, 4) is 0 Å². The molecule has 0 saturated carbocycles. The van der Waals surface area contributed by atoms with Gasteiger partial charge < -0.3 is 4.98 Å². The van der Waals surface area contributed by atoms with Gasteiger partial charge in [-0.15, -0.1) is 0 Å². The molecule has 0 unspecified atom stereocenters. The van der Waals surface area contributed by atoms with Crippen LogP contribution in [0.25, 0.3) is 11.0 Å². The van der Waals surface area contributed by atoms with Crippen LogP contribution in [-0.2, 0) is 0 Å². The highest BCUT2D eigenvalue weighted by atomic mass is 32.2. The molecule has 2 heterocycles. The van der Waals surface area contributed by atoms with Crippen molar-refractivity contribution in [3.63, 3.8) is 0 Å². The predicted molar refractivity (Wildman–Crippen MR) is 74.6 cm³/mol. The van der Waals surface area contributed by atoms with Crippen LogP contribution in [0.3, 0.4) is 0 Å². The van der Waals surface area contributed by atoms with Crippen LogP contribution in [0.1, 0.15) is 15.9 Å². The number of imidazole rings is 1. The first kappa shape index (κ1) is 11.9. The third kappa shape index (κ3) is 2.37. The number of carbonyl (C=O) groups excluding carboxylic acids is 1. The van der Waals surface area contributed by atoms with E-state index < -0.39 is 0 Å². The van der Waals surface area contributed by atoms with E-state index in [9.17, 15) is 4.79 Å². The maximum absolute atomic E-state index is 10.7. The molecular weight excluding hydrogens is 258 g/mol. The number of para-hydroxylation sites is 2. The van der Waals surface area contributed by atoms with E-state index in [0.717, 1.165) is 33.1 Å². The number of hydrogen-bond acceptors (Lipinski definition) is 4. The Morgan fingerprint density at radius 3 is 2.89 bits per heavy atom. The molecule has 3 rings (SSSR count). The molecule has 0 aliphatic carbocycles. The highest BCUT2D eigenvalue weighted by molar-refractivity contribution is 7.99. The van der Waals surface area contributed by atoms with E-state index in [4.69, 9.17) is 0 Å². The average molecular weight is 269 g/mol. The third-order valence-electron chi connectivity index (χ3n) is 2.75. The summed E-state index contributed by atoms with van der Waals surface area (Å²) in [6.45, 7) is 1.94. The molecule has 3 aromatic rings. The summed E-state index contributed by atoms with van der Waals surface area (Å²) in [5.74, 6) is 0. The maximum atomic E-state index is 10.7. The Hall–Kier alpha value is -2.14. The van der Waals surface area contributed by atoms with E-state index in [1.165, 1.54) is 11.8 Å². The zero-order valence-electron chi connectivity index (χ0n) is 10.3. The van der Waals surface area contributed by atoms with Gasteiger partial charge in [0.15, 0.2) is 11.4 Å². The number of fused-ring (bicyclic) bond motifs is 1. The normalized spacial score (nSPS) is 10.8. The van der Waals surface area contributed by atoms with E-state index in [0.29, 0.717) is 5.56 Å². The monoisotopic (exact) mass is 269 g/mol. The third-order valence-corrected chi connectivity index (χ3v) is 3.76. The van der Waals surface area contributed by atoms with Crippen molar-refractivity contribution in [2.75, 3.05) is 0 Å². The number of benzene rings is 1. The fraction of sp³-hybridized carbons (Fsp3) is 0.0714. The van der Waals surface area contributed by atoms with Gasteiger partial charge in [0.2, 0.25) is 0 Å². The summed E-state index contributed by atoms with van der Waals surface area (Å²) in [6, 6.07) is 9.70. The lowest BCUT2D eigenvalue weighted by Crippen LogP contribution is -1.90. The number of nitrogens with one attached hydrogen (secondary N) is 1. The SMILES string of the molecule is Cc1cc(C=O)cnc1Sc1nc2ccccc2[nH]1. The molecule has 0 radical (unpaired) electrons. The van der Waals surface area contributed by atoms with Crippen molar-refractivity contribution >= 4 is 29.1 Å². The van der Waals surface area contributed by atoms with Crippen LogP contribution in [-0.4, -0.2) is 21.2 Å². The summed E-state index contributed by atoms with van der Waals surface area (Å²) in [6.07, 6.45) is 2.38. The molecule has 0 aliphatic rings. The van der Waals surface area contributed by atoms with Gasteiger partial charge in [-0.2, -0.15) is 0 Å². The fourth-order valence-electron chi connectivity index (χ4n) is 1.82. The summed E-state index contributed by atoms with van der Waals surface area (Å²) in [7, 11) is 0. The molecule has 5 heteroatoms. The summed E-state index contributed by atoms with van der Waals surface area (Å²) in [4.78, 5) is 22.7. The first-order valence-corrected chi connectivity index (χ1v) is 6.62. The number of aryl methyl sites for hydroxylation is 1. The van der Waals surface area contributed by atoms with Gasteiger partial charge in [-0.25, -0.2) is 9.97 Å². The minimum atomic E-state index is 0.589. The quantitative estimate of drug-likeness (QED) is 0.742. The summed E-state index contributed by atoms with van der Waals surface area (Å²) >= 11 is 1.47. The molecule has 2 aromatic heterocycles. The van der Waals surface area contributed by atoms with Crippen molar-refractivity contribution < 1.29 is 4.79 Å². The smallest absolute Gasteiger partial charge is 0.172 e. The minimum absolute atomic E-state index is 0.589. The van der Waals surface area contributed by atoms with Gasteiger partial charge in [0.1, 0.15) is 5.03 Å². The van der Waals surface area contributed by atoms with Gasteiger partial charge in [-0.1, -0.05) is 12.1 Å².